The van der Waals surface area contributed by atoms with Crippen LogP contribution in [0.1, 0.15) is 12.8 Å². The van der Waals surface area contributed by atoms with Crippen LogP contribution in [0.4, 0.5) is 0 Å². The van der Waals surface area contributed by atoms with Gasteiger partial charge in [0.2, 0.25) is 0 Å². The average Bonchev–Trinajstić information content (AvgIpc) is 4.31. The second-order valence-electron chi connectivity index (χ2n) is 16.3. The van der Waals surface area contributed by atoms with Crippen molar-refractivity contribution in [2.24, 2.45) is 0 Å². The third-order valence-corrected chi connectivity index (χ3v) is 31.2. The van der Waals surface area contributed by atoms with Crippen molar-refractivity contribution in [2.45, 2.75) is 12.8 Å². The molecule has 1 aliphatic heterocycles. The fourth-order valence-electron chi connectivity index (χ4n) is 8.40. The van der Waals surface area contributed by atoms with Crippen molar-refractivity contribution in [3.63, 3.8) is 0 Å². The fourth-order valence-corrected chi connectivity index (χ4v) is 25.3. The molecule has 0 atom stereocenters. The van der Waals surface area contributed by atoms with Gasteiger partial charge in [0.25, 0.3) is 0 Å². The summed E-state index contributed by atoms with van der Waals surface area (Å²) in [5.74, 6) is 0. The Balaban J connectivity index is 0.000000190. The number of benzene rings is 8. The molecule has 1 saturated heterocycles. The van der Waals surface area contributed by atoms with Crippen LogP contribution in [0.2, 0.25) is 0 Å². The van der Waals surface area contributed by atoms with Crippen LogP contribution in [0.25, 0.3) is 0 Å². The predicted octanol–water partition coefficient (Wildman–Crippen LogP) is 0.696. The van der Waals surface area contributed by atoms with Gasteiger partial charge in [-0.3, -0.25) is 5.21 Å². The topological polar surface area (TPSA) is 89.0 Å². The molecular formula is C56H48K2N6OP4S4. The summed E-state index contributed by atoms with van der Waals surface area (Å²) in [4.78, 5) is 0. The Morgan fingerprint density at radius 2 is 0.562 bits per heavy atom. The summed E-state index contributed by atoms with van der Waals surface area (Å²) in [5, 5.41) is 35.2. The largest absolute Gasteiger partial charge is 1.00 e. The Kier molecular flexibility index (Phi) is 22.4. The molecule has 3 heterocycles. The van der Waals surface area contributed by atoms with Crippen LogP contribution in [-0.2, 0) is 52.0 Å². The average molecular weight is 1150 g/mol. The molecule has 0 spiro atoms. The van der Waals surface area contributed by atoms with Gasteiger partial charge >= 0.3 is 103 Å². The van der Waals surface area contributed by atoms with Crippen LogP contribution in [0.15, 0.2) is 243 Å². The molecular weight excluding hydrogens is 1100 g/mol. The van der Waals surface area contributed by atoms with E-state index >= 15 is 0 Å². The first-order chi connectivity index (χ1) is 34.8. The maximum Gasteiger partial charge on any atom is 1.00 e. The molecule has 0 aliphatic carbocycles. The molecule has 0 radical (unpaired) electrons. The summed E-state index contributed by atoms with van der Waals surface area (Å²) in [6.07, 6.45) is 2.56. The quantitative estimate of drug-likeness (QED) is 0.128. The molecule has 1 fully saturated rings. The molecule has 0 N–H and O–H groups in total. The zero-order valence-electron chi connectivity index (χ0n) is 40.4. The van der Waals surface area contributed by atoms with Crippen molar-refractivity contribution in [1.29, 1.82) is 0 Å². The van der Waals surface area contributed by atoms with E-state index in [1.54, 1.807) is 0 Å². The molecule has 17 heteroatoms. The Morgan fingerprint density at radius 3 is 0.795 bits per heavy atom. The fraction of sp³-hybridized carbons (Fsp3) is 0.0714. The van der Waals surface area contributed by atoms with Gasteiger partial charge in [0.1, 0.15) is 0 Å². The first-order valence-electron chi connectivity index (χ1n) is 23.0. The second kappa shape index (κ2) is 28.0. The van der Waals surface area contributed by atoms with Gasteiger partial charge in [0.05, 0.1) is 22.9 Å². The van der Waals surface area contributed by atoms with Crippen molar-refractivity contribution >= 4 is 136 Å². The molecule has 0 saturated carbocycles. The van der Waals surface area contributed by atoms with Crippen molar-refractivity contribution in [3.8, 4) is 0 Å². The minimum Gasteiger partial charge on any atom is -0.492 e. The van der Waals surface area contributed by atoms with Gasteiger partial charge in [-0.15, -0.1) is 0 Å². The van der Waals surface area contributed by atoms with Crippen LogP contribution < -0.4 is 177 Å². The number of aromatic nitrogens is 6. The minimum absolute atomic E-state index is 0. The molecule has 2 aromatic heterocycles. The van der Waals surface area contributed by atoms with Gasteiger partial charge < -0.3 is 30.3 Å². The number of hydrogen-bond donors (Lipinski definition) is 0. The SMILES string of the molecule is C1CCOC1.S=P(c1ccccc1)(c1ccccc1)c1n[n-]nc1P(=S)(c1ccccc1)c1ccccc1.S=P(c1ccccc1)(c1ccccc1)c1nn[n-]c1P(=S)(c1ccccc1)c1ccccc1.[K+].[K+]. The minimum atomic E-state index is -2.55. The normalized spacial score (nSPS) is 12.4. The van der Waals surface area contributed by atoms with E-state index in [4.69, 9.17) is 52.0 Å². The monoisotopic (exact) mass is 1150 g/mol. The van der Waals surface area contributed by atoms with Gasteiger partial charge in [-0.1, -0.05) is 290 Å². The van der Waals surface area contributed by atoms with E-state index in [1.807, 2.05) is 146 Å². The van der Waals surface area contributed by atoms with Gasteiger partial charge in [-0.2, -0.15) is 0 Å². The van der Waals surface area contributed by atoms with Crippen molar-refractivity contribution in [1.82, 2.24) is 30.8 Å². The van der Waals surface area contributed by atoms with E-state index in [0.717, 1.165) is 77.4 Å². The summed E-state index contributed by atoms with van der Waals surface area (Å²) in [6.45, 7) is 2.00. The molecule has 0 unspecified atom stereocenters. The smallest absolute Gasteiger partial charge is 0.492 e. The molecule has 0 amide bonds. The van der Waals surface area contributed by atoms with E-state index in [-0.39, 0.29) is 103 Å². The van der Waals surface area contributed by atoms with Crippen LogP contribution in [0, 0.1) is 0 Å². The van der Waals surface area contributed by atoms with E-state index in [2.05, 4.69) is 128 Å². The zero-order valence-corrected chi connectivity index (χ0v) is 53.5. The molecule has 354 valence electrons. The van der Waals surface area contributed by atoms with Crippen molar-refractivity contribution in [3.05, 3.63) is 243 Å². The maximum atomic E-state index is 6.55. The third kappa shape index (κ3) is 12.8. The maximum absolute atomic E-state index is 6.55. The first-order valence-corrected chi connectivity index (χ1v) is 34.2. The third-order valence-electron chi connectivity index (χ3n) is 11.9. The number of ether oxygens (including phenoxy) is 1. The van der Waals surface area contributed by atoms with Crippen LogP contribution in [-0.4, -0.2) is 33.7 Å². The zero-order chi connectivity index (χ0) is 49.0. The molecule has 11 rings (SSSR count). The van der Waals surface area contributed by atoms with Gasteiger partial charge in [-0.25, -0.2) is 0 Å². The molecule has 1 aliphatic rings. The molecule has 73 heavy (non-hydrogen) atoms. The van der Waals surface area contributed by atoms with E-state index < -0.39 is 24.2 Å². The number of nitrogens with zero attached hydrogens (tertiary/aromatic N) is 6. The van der Waals surface area contributed by atoms with E-state index in [9.17, 15) is 0 Å². The first kappa shape index (κ1) is 58.6. The Hall–Kier alpha value is -2.13. The van der Waals surface area contributed by atoms with Gasteiger partial charge in [-0.05, 0) is 55.3 Å². The Bertz CT molecular complexity index is 2840. The Labute approximate surface area is 534 Å². The number of rotatable bonds is 12. The summed E-state index contributed by atoms with van der Waals surface area (Å²) in [5.41, 5.74) is 2.97. The summed E-state index contributed by atoms with van der Waals surface area (Å²) >= 11 is 26.2. The predicted molar refractivity (Wildman–Crippen MR) is 315 cm³/mol. The van der Waals surface area contributed by atoms with Gasteiger partial charge in [0.15, 0.2) is 0 Å². The summed E-state index contributed by atoms with van der Waals surface area (Å²) < 4.78 is 4.94. The molecule has 10 aromatic rings. The summed E-state index contributed by atoms with van der Waals surface area (Å²) in [7, 11) is 0. The van der Waals surface area contributed by atoms with Gasteiger partial charge in [0, 0.05) is 36.2 Å². The molecule has 8 aromatic carbocycles. The van der Waals surface area contributed by atoms with E-state index in [0.29, 0.717) is 0 Å². The van der Waals surface area contributed by atoms with Crippen LogP contribution in [0.5, 0.6) is 0 Å². The molecule has 7 nitrogen and oxygen atoms in total. The van der Waals surface area contributed by atoms with Crippen molar-refractivity contribution < 1.29 is 108 Å². The standard InChI is InChI=1S/2C26H20N3P2S2.C4H8O.2K/c2*32-30(21-13-5-1-6-14-21,22-15-7-2-8-16-22)25-26(28-29-27-25)31(33,23-17-9-3-10-18-23)24-19-11-4-12-20-24;1-2-4-5-3-1;;/h2*1-20H;1-4H2;;/q2*-1;;2*+1. The van der Waals surface area contributed by atoms with Crippen LogP contribution >= 0.6 is 24.2 Å². The summed E-state index contributed by atoms with van der Waals surface area (Å²) in [6, 6.07) is 71.5. The van der Waals surface area contributed by atoms with Crippen LogP contribution in [0.3, 0.4) is 0 Å². The van der Waals surface area contributed by atoms with Crippen molar-refractivity contribution in [2.75, 3.05) is 13.2 Å². The molecule has 0 bridgehead atoms. The van der Waals surface area contributed by atoms with E-state index in [1.165, 1.54) is 12.8 Å². The second-order valence-corrected chi connectivity index (χ2v) is 33.6. The number of hydrogen-bond acceptors (Lipinski definition) is 9. The Morgan fingerprint density at radius 1 is 0.329 bits per heavy atom.